The van der Waals surface area contributed by atoms with Crippen molar-refractivity contribution in [2.45, 2.75) is 34.4 Å². The predicted octanol–water partition coefficient (Wildman–Crippen LogP) is -0.463. The molecule has 0 aromatic rings. The van der Waals surface area contributed by atoms with E-state index in [1.165, 1.54) is 7.11 Å². The molecule has 1 fully saturated rings. The van der Waals surface area contributed by atoms with Crippen LogP contribution in [0.3, 0.4) is 0 Å². The van der Waals surface area contributed by atoms with E-state index in [1.54, 1.807) is 0 Å². The fraction of sp³-hybridized carbons (Fsp3) is 0.900. The Kier molecular flexibility index (Phi) is 7.21. The van der Waals surface area contributed by atoms with Gasteiger partial charge in [-0.2, -0.15) is 0 Å². The Morgan fingerprint density at radius 1 is 1.33 bits per heavy atom. The molecule has 1 aliphatic heterocycles. The number of nitrogens with one attached hydrogen (secondary N) is 1. The molecule has 124 valence electrons. The molecule has 1 amide bonds. The zero-order valence-corrected chi connectivity index (χ0v) is 13.2. The maximum Gasteiger partial charge on any atom is 0.407 e. The summed E-state index contributed by atoms with van der Waals surface area (Å²) in [7, 11) is 1.27. The van der Waals surface area contributed by atoms with E-state index in [4.69, 9.17) is 49.4 Å². The van der Waals surface area contributed by atoms with E-state index in [1.807, 2.05) is 0 Å². The summed E-state index contributed by atoms with van der Waals surface area (Å²) in [6.07, 6.45) is -5.99. The molecule has 0 saturated carbocycles. The molecule has 0 aliphatic carbocycles. The molecule has 1 rings (SSSR count). The Morgan fingerprint density at radius 3 is 2.43 bits per heavy atom. The minimum absolute atomic E-state index is 0.507. The van der Waals surface area contributed by atoms with Crippen LogP contribution >= 0.6 is 34.8 Å². The van der Waals surface area contributed by atoms with Gasteiger partial charge in [0.05, 0.1) is 6.61 Å². The van der Waals surface area contributed by atoms with Crippen molar-refractivity contribution in [1.82, 2.24) is 5.32 Å². The van der Waals surface area contributed by atoms with Gasteiger partial charge in [0.15, 0.2) is 6.29 Å². The first-order chi connectivity index (χ1) is 9.69. The number of rotatable bonds is 4. The molecule has 5 atom stereocenters. The number of alkyl carbamates (subject to hydrolysis) is 1. The molecule has 0 spiro atoms. The van der Waals surface area contributed by atoms with Crippen molar-refractivity contribution >= 4 is 40.9 Å². The van der Waals surface area contributed by atoms with Gasteiger partial charge in [-0.25, -0.2) is 4.79 Å². The Hall–Kier alpha value is -0.0600. The van der Waals surface area contributed by atoms with E-state index in [9.17, 15) is 15.0 Å². The molecule has 11 heteroatoms. The number of aliphatic hydroxyl groups excluding tert-OH is 3. The number of hydrogen-bond acceptors (Lipinski definition) is 7. The fourth-order valence-electron chi connectivity index (χ4n) is 1.76. The normalized spacial score (nSPS) is 33.6. The van der Waals surface area contributed by atoms with Crippen molar-refractivity contribution in [3.05, 3.63) is 0 Å². The maximum atomic E-state index is 11.6. The first-order valence-electron chi connectivity index (χ1n) is 5.85. The Morgan fingerprint density at radius 2 is 1.95 bits per heavy atom. The predicted molar refractivity (Wildman–Crippen MR) is 73.3 cm³/mol. The van der Waals surface area contributed by atoms with Crippen LogP contribution < -0.4 is 5.32 Å². The molecule has 0 radical (unpaired) electrons. The molecule has 0 aromatic heterocycles. The summed E-state index contributed by atoms with van der Waals surface area (Å²) in [6, 6.07) is -1.13. The Labute approximate surface area is 135 Å². The van der Waals surface area contributed by atoms with Crippen molar-refractivity contribution in [3.8, 4) is 0 Å². The highest BCUT2D eigenvalue weighted by atomic mass is 35.6. The summed E-state index contributed by atoms with van der Waals surface area (Å²) < 4.78 is 13.0. The van der Waals surface area contributed by atoms with Crippen LogP contribution in [0.25, 0.3) is 0 Å². The third-order valence-corrected chi connectivity index (χ3v) is 3.09. The molecule has 0 aromatic carbocycles. The number of alkyl halides is 3. The summed E-state index contributed by atoms with van der Waals surface area (Å²) in [6.45, 7) is -1.03. The maximum absolute atomic E-state index is 11.6. The van der Waals surface area contributed by atoms with Crippen molar-refractivity contribution < 1.29 is 34.3 Å². The van der Waals surface area contributed by atoms with Crippen LogP contribution in [-0.2, 0) is 14.2 Å². The number of carbonyl (C=O) groups excluding carboxylic acids is 1. The number of aliphatic hydroxyl groups is 3. The summed E-state index contributed by atoms with van der Waals surface area (Å²) in [5.41, 5.74) is 0. The molecule has 1 aliphatic rings. The third-order valence-electron chi connectivity index (χ3n) is 2.76. The molecule has 0 unspecified atom stereocenters. The zero-order valence-electron chi connectivity index (χ0n) is 10.9. The molecule has 4 N–H and O–H groups in total. The van der Waals surface area contributed by atoms with Crippen LogP contribution in [0.5, 0.6) is 0 Å². The summed E-state index contributed by atoms with van der Waals surface area (Å²) in [5, 5.41) is 31.0. The Balaban J connectivity index is 2.64. The lowest BCUT2D eigenvalue weighted by atomic mass is 9.97. The van der Waals surface area contributed by atoms with Crippen LogP contribution in [0.4, 0.5) is 4.79 Å². The molecular formula is C10H16Cl3NO7. The lowest BCUT2D eigenvalue weighted by molar-refractivity contribution is -0.262. The van der Waals surface area contributed by atoms with Gasteiger partial charge >= 0.3 is 6.09 Å². The van der Waals surface area contributed by atoms with Gasteiger partial charge in [-0.15, -0.1) is 0 Å². The molecular weight excluding hydrogens is 352 g/mol. The largest absolute Gasteiger partial charge is 0.445 e. The van der Waals surface area contributed by atoms with Crippen molar-refractivity contribution in [1.29, 1.82) is 0 Å². The van der Waals surface area contributed by atoms with E-state index < -0.39 is 53.7 Å². The first kappa shape index (κ1) is 19.0. The lowest BCUT2D eigenvalue weighted by Crippen LogP contribution is -2.64. The number of halogens is 3. The van der Waals surface area contributed by atoms with Gasteiger partial charge in [0.25, 0.3) is 0 Å². The standard InChI is InChI=1S/C10H16Cl3NO7/c1-19-8-5(7(17)6(16)4(2-15)21-8)14-9(18)20-3-10(11,12)13/h4-8,15-17H,2-3H2,1H3,(H,14,18)/t4-,5-,6-,7-,8+/m1/s1. The lowest BCUT2D eigenvalue weighted by Gasteiger charge is -2.41. The van der Waals surface area contributed by atoms with Crippen molar-refractivity contribution in [2.24, 2.45) is 0 Å². The highest BCUT2D eigenvalue weighted by Gasteiger charge is 2.45. The topological polar surface area (TPSA) is 117 Å². The highest BCUT2D eigenvalue weighted by Crippen LogP contribution is 2.26. The van der Waals surface area contributed by atoms with Gasteiger partial charge in [-0.1, -0.05) is 34.8 Å². The van der Waals surface area contributed by atoms with E-state index in [-0.39, 0.29) is 0 Å². The first-order valence-corrected chi connectivity index (χ1v) is 6.98. The van der Waals surface area contributed by atoms with E-state index in [2.05, 4.69) is 10.1 Å². The monoisotopic (exact) mass is 367 g/mol. The van der Waals surface area contributed by atoms with Crippen LogP contribution in [-0.4, -0.2) is 76.2 Å². The van der Waals surface area contributed by atoms with Gasteiger partial charge in [-0.05, 0) is 0 Å². The average Bonchev–Trinajstić information content (AvgIpc) is 2.41. The molecule has 8 nitrogen and oxygen atoms in total. The van der Waals surface area contributed by atoms with E-state index in [0.29, 0.717) is 0 Å². The van der Waals surface area contributed by atoms with Crippen LogP contribution in [0.2, 0.25) is 0 Å². The number of amides is 1. The van der Waals surface area contributed by atoms with E-state index in [0.717, 1.165) is 0 Å². The van der Waals surface area contributed by atoms with Crippen molar-refractivity contribution in [2.75, 3.05) is 20.3 Å². The summed E-state index contributed by atoms with van der Waals surface area (Å²) in [4.78, 5) is 11.6. The van der Waals surface area contributed by atoms with Gasteiger partial charge in [0, 0.05) is 7.11 Å². The number of methoxy groups -OCH3 is 1. The minimum Gasteiger partial charge on any atom is -0.445 e. The van der Waals surface area contributed by atoms with Crippen LogP contribution in [0.1, 0.15) is 0 Å². The summed E-state index contributed by atoms with van der Waals surface area (Å²) >= 11 is 16.3. The quantitative estimate of drug-likeness (QED) is 0.496. The second kappa shape index (κ2) is 7.98. The smallest absolute Gasteiger partial charge is 0.407 e. The summed E-state index contributed by atoms with van der Waals surface area (Å²) in [5.74, 6) is 0. The highest BCUT2D eigenvalue weighted by molar-refractivity contribution is 6.67. The van der Waals surface area contributed by atoms with Crippen LogP contribution in [0.15, 0.2) is 0 Å². The minimum atomic E-state index is -1.78. The van der Waals surface area contributed by atoms with E-state index >= 15 is 0 Å². The average molecular weight is 369 g/mol. The van der Waals surface area contributed by atoms with Crippen molar-refractivity contribution in [3.63, 3.8) is 0 Å². The molecule has 0 bridgehead atoms. The number of ether oxygens (including phenoxy) is 3. The molecule has 1 saturated heterocycles. The number of hydrogen-bond donors (Lipinski definition) is 4. The zero-order chi connectivity index (χ0) is 16.2. The van der Waals surface area contributed by atoms with Gasteiger partial charge in [-0.3, -0.25) is 0 Å². The number of carbonyl (C=O) groups is 1. The SMILES string of the molecule is CO[C@H]1O[C@H](CO)[C@@H](O)[C@H](O)[C@H]1NC(=O)OCC(Cl)(Cl)Cl. The van der Waals surface area contributed by atoms with Gasteiger partial charge in [0.1, 0.15) is 31.0 Å². The van der Waals surface area contributed by atoms with Gasteiger partial charge in [0.2, 0.25) is 3.79 Å². The van der Waals surface area contributed by atoms with Crippen LogP contribution in [0, 0.1) is 0 Å². The Bertz CT molecular complexity index is 352. The molecule has 21 heavy (non-hydrogen) atoms. The third kappa shape index (κ3) is 5.57. The second-order valence-corrected chi connectivity index (χ2v) is 6.82. The fourth-order valence-corrected chi connectivity index (χ4v) is 1.93. The van der Waals surface area contributed by atoms with Gasteiger partial charge < -0.3 is 34.8 Å². The molecule has 1 heterocycles. The second-order valence-electron chi connectivity index (χ2n) is 4.30.